The first-order valence-electron chi connectivity index (χ1n) is 10.7. The zero-order chi connectivity index (χ0) is 23.7. The highest BCUT2D eigenvalue weighted by atomic mass is 35.5. The first-order chi connectivity index (χ1) is 15.0. The largest absolute Gasteiger partial charge is 0.351 e. The summed E-state index contributed by atoms with van der Waals surface area (Å²) in [4.78, 5) is 15.2. The predicted molar refractivity (Wildman–Crippen MR) is 131 cm³/mol. The summed E-state index contributed by atoms with van der Waals surface area (Å²) < 4.78 is 52.2. The van der Waals surface area contributed by atoms with Crippen LogP contribution in [0.1, 0.15) is 48.9 Å². The first-order valence-corrected chi connectivity index (χ1v) is 13.8. The van der Waals surface area contributed by atoms with Crippen molar-refractivity contribution in [3.63, 3.8) is 0 Å². The number of amides is 1. The molecular formula is C23H31ClN2O5S2. The lowest BCUT2D eigenvalue weighted by molar-refractivity contribution is 0.0938. The van der Waals surface area contributed by atoms with Crippen molar-refractivity contribution in [1.82, 2.24) is 10.2 Å². The molecule has 0 saturated carbocycles. The molecule has 0 radical (unpaired) electrons. The highest BCUT2D eigenvalue weighted by molar-refractivity contribution is 7.96. The molecule has 0 aliphatic carbocycles. The smallest absolute Gasteiger partial charge is 0.251 e. The van der Waals surface area contributed by atoms with Gasteiger partial charge < -0.3 is 5.32 Å². The quantitative estimate of drug-likeness (QED) is 0.580. The van der Waals surface area contributed by atoms with Crippen LogP contribution in [0.5, 0.6) is 0 Å². The summed E-state index contributed by atoms with van der Waals surface area (Å²) in [6.45, 7) is 9.30. The molecule has 2 aromatic rings. The summed E-state index contributed by atoms with van der Waals surface area (Å²) in [5, 5.41) is 1.51. The maximum atomic E-state index is 13.3. The molecule has 10 heteroatoms. The van der Waals surface area contributed by atoms with Crippen molar-refractivity contribution < 1.29 is 21.6 Å². The van der Waals surface area contributed by atoms with Crippen LogP contribution in [-0.2, 0) is 19.7 Å². The van der Waals surface area contributed by atoms with Crippen LogP contribution >= 0.6 is 12.4 Å². The minimum absolute atomic E-state index is 0. The molecule has 3 rings (SSSR count). The number of fused-ring (bicyclic) bond motifs is 1. The number of rotatable bonds is 8. The fraction of sp³-hybridized carbons (Fsp3) is 0.435. The Labute approximate surface area is 202 Å². The molecule has 2 aromatic carbocycles. The fourth-order valence-electron chi connectivity index (χ4n) is 4.24. The third kappa shape index (κ3) is 5.59. The molecule has 1 aliphatic rings. The average molecular weight is 515 g/mol. The maximum absolute atomic E-state index is 13.3. The Morgan fingerprint density at radius 3 is 2.21 bits per heavy atom. The van der Waals surface area contributed by atoms with Crippen molar-refractivity contribution in [2.24, 2.45) is 0 Å². The monoisotopic (exact) mass is 514 g/mol. The van der Waals surface area contributed by atoms with Crippen molar-refractivity contribution >= 4 is 38.0 Å². The van der Waals surface area contributed by atoms with Gasteiger partial charge in [0.2, 0.25) is 0 Å². The lowest BCUT2D eigenvalue weighted by Gasteiger charge is -2.30. The Balaban J connectivity index is 0.00000385. The topological polar surface area (TPSA) is 101 Å². The Morgan fingerprint density at radius 1 is 1.03 bits per heavy atom. The zero-order valence-electron chi connectivity index (χ0n) is 19.2. The third-order valence-corrected chi connectivity index (χ3v) is 9.86. The summed E-state index contributed by atoms with van der Waals surface area (Å²) in [7, 11) is -7.83. The summed E-state index contributed by atoms with van der Waals surface area (Å²) >= 11 is 0. The molecule has 1 atom stereocenters. The zero-order valence-corrected chi connectivity index (χ0v) is 21.6. The number of carbonyl (C=O) groups excluding carboxylic acids is 1. The fourth-order valence-corrected chi connectivity index (χ4v) is 8.62. The Bertz CT molecular complexity index is 1190. The molecule has 0 aromatic heterocycles. The minimum Gasteiger partial charge on any atom is -0.351 e. The molecule has 1 N–H and O–H groups in total. The molecular weight excluding hydrogens is 484 g/mol. The van der Waals surface area contributed by atoms with E-state index in [4.69, 9.17) is 0 Å². The summed E-state index contributed by atoms with van der Waals surface area (Å²) in [6, 6.07) is 12.7. The lowest BCUT2D eigenvalue weighted by atomic mass is 10.0. The van der Waals surface area contributed by atoms with E-state index in [1.165, 1.54) is 30.3 Å². The van der Waals surface area contributed by atoms with Crippen LogP contribution in [0.25, 0.3) is 0 Å². The molecule has 1 heterocycles. The third-order valence-electron chi connectivity index (χ3n) is 5.77. The highest BCUT2D eigenvalue weighted by Gasteiger charge is 2.45. The lowest BCUT2D eigenvalue weighted by Crippen LogP contribution is -2.42. The van der Waals surface area contributed by atoms with E-state index in [-0.39, 0.29) is 33.3 Å². The Morgan fingerprint density at radius 2 is 1.64 bits per heavy atom. The van der Waals surface area contributed by atoms with E-state index in [0.717, 1.165) is 0 Å². The SMILES string of the molecule is CC(C)N(CCNC(=O)c1cccc2c1C(S(=O)(=O)c1ccccc1)CS2(=O)=O)C(C)C.Cl. The highest BCUT2D eigenvalue weighted by Crippen LogP contribution is 2.42. The standard InChI is InChI=1S/C23H30N2O5S2.ClH/c1-16(2)25(17(3)4)14-13-24-23(26)19-11-8-12-20-22(19)21(15-31(20,27)28)32(29,30)18-9-6-5-7-10-18;/h5-12,16-17,21H,13-15H2,1-4H3,(H,24,26);1H. The van der Waals surface area contributed by atoms with Crippen LogP contribution in [-0.4, -0.2) is 58.6 Å². The van der Waals surface area contributed by atoms with Gasteiger partial charge in [0.1, 0.15) is 5.25 Å². The van der Waals surface area contributed by atoms with Crippen LogP contribution in [0.4, 0.5) is 0 Å². The number of sulfone groups is 2. The second-order valence-corrected chi connectivity index (χ2v) is 12.7. The van der Waals surface area contributed by atoms with Gasteiger partial charge >= 0.3 is 0 Å². The van der Waals surface area contributed by atoms with Crippen LogP contribution in [0.2, 0.25) is 0 Å². The second kappa shape index (κ2) is 10.5. The van der Waals surface area contributed by atoms with E-state index >= 15 is 0 Å². The van der Waals surface area contributed by atoms with Gasteiger partial charge in [-0.15, -0.1) is 12.4 Å². The molecule has 1 amide bonds. The van der Waals surface area contributed by atoms with Crippen molar-refractivity contribution in [2.45, 2.75) is 54.8 Å². The molecule has 182 valence electrons. The number of nitrogens with one attached hydrogen (secondary N) is 1. The van der Waals surface area contributed by atoms with Crippen molar-refractivity contribution in [1.29, 1.82) is 0 Å². The molecule has 1 unspecified atom stereocenters. The minimum atomic E-state index is -4.00. The van der Waals surface area contributed by atoms with Gasteiger partial charge in [-0.25, -0.2) is 16.8 Å². The van der Waals surface area contributed by atoms with Crippen LogP contribution < -0.4 is 5.32 Å². The molecule has 0 saturated heterocycles. The number of halogens is 1. The molecule has 1 aliphatic heterocycles. The van der Waals surface area contributed by atoms with Gasteiger partial charge in [0, 0.05) is 36.3 Å². The molecule has 0 spiro atoms. The maximum Gasteiger partial charge on any atom is 0.251 e. The van der Waals surface area contributed by atoms with Crippen LogP contribution in [0.3, 0.4) is 0 Å². The number of hydrogen-bond donors (Lipinski definition) is 1. The van der Waals surface area contributed by atoms with E-state index in [0.29, 0.717) is 25.2 Å². The van der Waals surface area contributed by atoms with E-state index in [1.54, 1.807) is 18.2 Å². The van der Waals surface area contributed by atoms with Crippen molar-refractivity contribution in [3.05, 3.63) is 59.7 Å². The van der Waals surface area contributed by atoms with Gasteiger partial charge in [0.15, 0.2) is 19.7 Å². The van der Waals surface area contributed by atoms with E-state index in [1.807, 2.05) is 0 Å². The molecule has 0 bridgehead atoms. The number of nitrogens with zero attached hydrogens (tertiary/aromatic N) is 1. The second-order valence-electron chi connectivity index (χ2n) is 8.53. The number of carbonyl (C=O) groups is 1. The summed E-state index contributed by atoms with van der Waals surface area (Å²) in [5.74, 6) is -1.04. The molecule has 7 nitrogen and oxygen atoms in total. The number of benzene rings is 2. The Hall–Kier alpha value is -1.94. The van der Waals surface area contributed by atoms with E-state index < -0.39 is 36.6 Å². The van der Waals surface area contributed by atoms with Gasteiger partial charge in [0.25, 0.3) is 5.91 Å². The molecule has 33 heavy (non-hydrogen) atoms. The average Bonchev–Trinajstić information content (AvgIpc) is 3.03. The summed E-state index contributed by atoms with van der Waals surface area (Å²) in [6.07, 6.45) is 0. The van der Waals surface area contributed by atoms with Gasteiger partial charge in [0.05, 0.1) is 15.5 Å². The van der Waals surface area contributed by atoms with E-state index in [2.05, 4.69) is 37.9 Å². The van der Waals surface area contributed by atoms with Crippen LogP contribution in [0, 0.1) is 0 Å². The van der Waals surface area contributed by atoms with Gasteiger partial charge in [-0.3, -0.25) is 9.69 Å². The van der Waals surface area contributed by atoms with E-state index in [9.17, 15) is 21.6 Å². The predicted octanol–water partition coefficient (Wildman–Crippen LogP) is 3.26. The number of hydrogen-bond acceptors (Lipinski definition) is 6. The van der Waals surface area contributed by atoms with Crippen molar-refractivity contribution in [2.75, 3.05) is 18.8 Å². The first kappa shape index (κ1) is 27.3. The van der Waals surface area contributed by atoms with Crippen LogP contribution in [0.15, 0.2) is 58.3 Å². The Kier molecular flexibility index (Phi) is 8.73. The molecule has 0 fully saturated rings. The summed E-state index contributed by atoms with van der Waals surface area (Å²) in [5.41, 5.74) is 0.159. The van der Waals surface area contributed by atoms with Crippen molar-refractivity contribution in [3.8, 4) is 0 Å². The van der Waals surface area contributed by atoms with Gasteiger partial charge in [-0.05, 0) is 52.0 Å². The van der Waals surface area contributed by atoms with Gasteiger partial charge in [-0.1, -0.05) is 24.3 Å². The normalized spacial score (nSPS) is 17.1. The van der Waals surface area contributed by atoms with Gasteiger partial charge in [-0.2, -0.15) is 0 Å².